The van der Waals surface area contributed by atoms with Crippen LogP contribution in [-0.4, -0.2) is 44.0 Å². The van der Waals surface area contributed by atoms with E-state index in [9.17, 15) is 23.1 Å². The van der Waals surface area contributed by atoms with Gasteiger partial charge in [-0.25, -0.2) is 13.1 Å². The van der Waals surface area contributed by atoms with Crippen molar-refractivity contribution < 1.29 is 32.6 Å². The van der Waals surface area contributed by atoms with Gasteiger partial charge in [0.25, 0.3) is 0 Å². The summed E-state index contributed by atoms with van der Waals surface area (Å²) in [6, 6.07) is 12.0. The van der Waals surface area contributed by atoms with Gasteiger partial charge in [-0.05, 0) is 71.4 Å². The molecular weight excluding hydrogens is 496 g/mol. The van der Waals surface area contributed by atoms with Crippen LogP contribution in [0.4, 0.5) is 15.3 Å². The van der Waals surface area contributed by atoms with Crippen molar-refractivity contribution in [2.45, 2.75) is 57.6 Å². The van der Waals surface area contributed by atoms with Gasteiger partial charge in [0.2, 0.25) is 10.0 Å². The SMILES string of the molecule is CC#CCOc1ccc(S(=O)(=O)N[C@H](C)CC2=C[N+](C(=O)O)(C(=O)OC(C)(C)C)c3ccccc32)cc1. The van der Waals surface area contributed by atoms with E-state index in [0.29, 0.717) is 16.9 Å². The molecule has 0 saturated carbocycles. The Bertz CT molecular complexity index is 1380. The van der Waals surface area contributed by atoms with E-state index >= 15 is 0 Å². The molecule has 0 aliphatic carbocycles. The Labute approximate surface area is 217 Å². The second-order valence-electron chi connectivity index (χ2n) is 9.57. The van der Waals surface area contributed by atoms with Crippen molar-refractivity contribution in [3.8, 4) is 17.6 Å². The molecule has 10 heteroatoms. The molecule has 0 saturated heterocycles. The Morgan fingerprint density at radius 3 is 2.35 bits per heavy atom. The predicted octanol–water partition coefficient (Wildman–Crippen LogP) is 5.12. The van der Waals surface area contributed by atoms with E-state index in [1.54, 1.807) is 71.0 Å². The third-order valence-electron chi connectivity index (χ3n) is 5.47. The van der Waals surface area contributed by atoms with Gasteiger partial charge < -0.3 is 14.6 Å². The third kappa shape index (κ3) is 6.20. The number of nitrogens with one attached hydrogen (secondary N) is 1. The average Bonchev–Trinajstić information content (AvgIpc) is 3.13. The number of hydrogen-bond donors (Lipinski definition) is 2. The Morgan fingerprint density at radius 1 is 1.11 bits per heavy atom. The molecule has 1 heterocycles. The van der Waals surface area contributed by atoms with E-state index < -0.39 is 38.3 Å². The fourth-order valence-corrected chi connectivity index (χ4v) is 5.16. The molecule has 3 rings (SSSR count). The maximum absolute atomic E-state index is 13.1. The zero-order valence-corrected chi connectivity index (χ0v) is 22.3. The van der Waals surface area contributed by atoms with Crippen LogP contribution in [0.1, 0.15) is 46.6 Å². The number of fused-ring (bicyclic) bond motifs is 1. The van der Waals surface area contributed by atoms with E-state index in [1.807, 2.05) is 0 Å². The van der Waals surface area contributed by atoms with Crippen LogP contribution >= 0.6 is 0 Å². The van der Waals surface area contributed by atoms with Gasteiger partial charge in [-0.1, -0.05) is 22.5 Å². The fourth-order valence-electron chi connectivity index (χ4n) is 3.92. The predicted molar refractivity (Wildman–Crippen MR) is 140 cm³/mol. The van der Waals surface area contributed by atoms with Gasteiger partial charge in [0.05, 0.1) is 4.90 Å². The normalized spacial score (nSPS) is 17.6. The largest absolute Gasteiger partial charge is 0.537 e. The number of ether oxygens (including phenoxy) is 2. The highest BCUT2D eigenvalue weighted by Crippen LogP contribution is 2.43. The molecule has 0 radical (unpaired) electrons. The monoisotopic (exact) mass is 527 g/mol. The summed E-state index contributed by atoms with van der Waals surface area (Å²) in [7, 11) is -3.88. The van der Waals surface area contributed by atoms with Crippen molar-refractivity contribution >= 4 is 33.5 Å². The molecule has 0 spiro atoms. The summed E-state index contributed by atoms with van der Waals surface area (Å²) < 4.78 is 38.3. The summed E-state index contributed by atoms with van der Waals surface area (Å²) in [4.78, 5) is 25.7. The first-order valence-corrected chi connectivity index (χ1v) is 13.1. The van der Waals surface area contributed by atoms with Crippen LogP contribution in [0.15, 0.2) is 59.6 Å². The second kappa shape index (κ2) is 10.8. The van der Waals surface area contributed by atoms with Gasteiger partial charge in [-0.15, -0.1) is 5.92 Å². The highest BCUT2D eigenvalue weighted by Gasteiger charge is 2.55. The average molecular weight is 528 g/mol. The van der Waals surface area contributed by atoms with Gasteiger partial charge in [0, 0.05) is 23.2 Å². The number of carbonyl (C=O) groups excluding carboxylic acids is 1. The van der Waals surface area contributed by atoms with Crippen LogP contribution in [0.25, 0.3) is 5.57 Å². The number of benzene rings is 2. The fraction of sp³-hybridized carbons (Fsp3) is 0.333. The van der Waals surface area contributed by atoms with Gasteiger partial charge in [-0.2, -0.15) is 9.59 Å². The van der Waals surface area contributed by atoms with E-state index in [0.717, 1.165) is 0 Å². The Balaban J connectivity index is 1.85. The number of carbonyl (C=O) groups is 2. The highest BCUT2D eigenvalue weighted by atomic mass is 32.2. The molecule has 0 fully saturated rings. The van der Waals surface area contributed by atoms with E-state index in [-0.39, 0.29) is 23.6 Å². The number of hydrogen-bond acceptors (Lipinski definition) is 6. The van der Waals surface area contributed by atoms with Crippen LogP contribution < -0.4 is 13.9 Å². The van der Waals surface area contributed by atoms with Crippen LogP contribution in [0.5, 0.6) is 5.75 Å². The molecule has 2 aromatic rings. The summed E-state index contributed by atoms with van der Waals surface area (Å²) >= 11 is 0. The van der Waals surface area contributed by atoms with Crippen molar-refractivity contribution in [1.29, 1.82) is 0 Å². The quantitative estimate of drug-likeness (QED) is 0.379. The highest BCUT2D eigenvalue weighted by molar-refractivity contribution is 7.89. The molecular formula is C27H31N2O7S+. The number of imide groups is 1. The summed E-state index contributed by atoms with van der Waals surface area (Å²) in [6.07, 6.45) is -0.916. The van der Waals surface area contributed by atoms with Crippen molar-refractivity contribution in [1.82, 2.24) is 9.21 Å². The molecule has 1 aliphatic rings. The molecule has 1 unspecified atom stereocenters. The second-order valence-corrected chi connectivity index (χ2v) is 11.3. The maximum Gasteiger partial charge on any atom is 0.537 e. The van der Waals surface area contributed by atoms with E-state index in [1.165, 1.54) is 18.3 Å². The van der Waals surface area contributed by atoms with E-state index in [2.05, 4.69) is 16.6 Å². The number of para-hydroxylation sites is 1. The smallest absolute Gasteiger partial charge is 0.481 e. The van der Waals surface area contributed by atoms with Crippen LogP contribution in [0.2, 0.25) is 0 Å². The lowest BCUT2D eigenvalue weighted by Crippen LogP contribution is -2.54. The molecule has 2 atom stereocenters. The van der Waals surface area contributed by atoms with Crippen LogP contribution in [-0.2, 0) is 14.8 Å². The number of quaternary nitrogens is 1. The molecule has 9 nitrogen and oxygen atoms in total. The molecule has 2 amide bonds. The number of amides is 2. The Kier molecular flexibility index (Phi) is 8.12. The van der Waals surface area contributed by atoms with Gasteiger partial charge >= 0.3 is 12.2 Å². The lowest BCUT2D eigenvalue weighted by molar-refractivity contribution is 0.0358. The van der Waals surface area contributed by atoms with Crippen LogP contribution in [0.3, 0.4) is 0 Å². The number of rotatable bonds is 7. The summed E-state index contributed by atoms with van der Waals surface area (Å²) in [5.74, 6) is 5.97. The van der Waals surface area contributed by atoms with Gasteiger partial charge in [0.1, 0.15) is 24.2 Å². The topological polar surface area (TPSA) is 119 Å². The Hall–Kier alpha value is -3.65. The van der Waals surface area contributed by atoms with Crippen molar-refractivity contribution in [3.05, 3.63) is 60.3 Å². The molecule has 0 bridgehead atoms. The molecule has 2 aromatic carbocycles. The lowest BCUT2D eigenvalue weighted by Gasteiger charge is -2.26. The third-order valence-corrected chi connectivity index (χ3v) is 7.07. The first-order chi connectivity index (χ1) is 17.3. The molecule has 0 aromatic heterocycles. The molecule has 1 aliphatic heterocycles. The van der Waals surface area contributed by atoms with Crippen molar-refractivity contribution in [2.24, 2.45) is 0 Å². The Morgan fingerprint density at radius 2 is 1.76 bits per heavy atom. The van der Waals surface area contributed by atoms with Crippen molar-refractivity contribution in [2.75, 3.05) is 6.61 Å². The first-order valence-electron chi connectivity index (χ1n) is 11.6. The van der Waals surface area contributed by atoms with Crippen LogP contribution in [0, 0.1) is 11.8 Å². The minimum absolute atomic E-state index is 0.0542. The summed E-state index contributed by atoms with van der Waals surface area (Å²) in [5, 5.41) is 10.2. The number of carboxylic acid groups (broad SMARTS) is 1. The minimum Gasteiger partial charge on any atom is -0.481 e. The summed E-state index contributed by atoms with van der Waals surface area (Å²) in [6.45, 7) is 8.54. The number of nitrogens with zero attached hydrogens (tertiary/aromatic N) is 1. The van der Waals surface area contributed by atoms with Crippen molar-refractivity contribution in [3.63, 3.8) is 0 Å². The zero-order chi connectivity index (χ0) is 27.4. The maximum atomic E-state index is 13.1. The molecule has 37 heavy (non-hydrogen) atoms. The minimum atomic E-state index is -3.88. The van der Waals surface area contributed by atoms with Gasteiger partial charge in [0.15, 0.2) is 5.69 Å². The summed E-state index contributed by atoms with van der Waals surface area (Å²) in [5.41, 5.74) is 0.381. The number of sulfonamides is 1. The standard InChI is InChI=1S/C27H30N2O7S/c1-6-7-16-35-21-12-14-22(15-13-21)37(33,34)28-19(2)17-20-18-29(25(30)31,26(32)36-27(3,4)5)24-11-9-8-10-23(20)24/h8-15,18-19,28H,16-17H2,1-5H3/p+1/t19-,29?/m1/s1. The first kappa shape index (κ1) is 27.9. The molecule has 2 N–H and O–H groups in total. The van der Waals surface area contributed by atoms with Gasteiger partial charge in [-0.3, -0.25) is 0 Å². The van der Waals surface area contributed by atoms with E-state index in [4.69, 9.17) is 9.47 Å². The molecule has 196 valence electrons. The lowest BCUT2D eigenvalue weighted by atomic mass is 10.0. The zero-order valence-electron chi connectivity index (χ0n) is 21.4.